The van der Waals surface area contributed by atoms with Gasteiger partial charge in [0.15, 0.2) is 10.9 Å². The molecule has 0 bridgehead atoms. The van der Waals surface area contributed by atoms with Crippen LogP contribution in [0.25, 0.3) is 0 Å². The molecule has 0 aliphatic rings. The number of nitrogens with zero attached hydrogens (tertiary/aromatic N) is 3. The molecule has 6 nitrogen and oxygen atoms in total. The summed E-state index contributed by atoms with van der Waals surface area (Å²) < 4.78 is 41.8. The first-order valence-corrected chi connectivity index (χ1v) is 8.14. The van der Waals surface area contributed by atoms with E-state index in [1.54, 1.807) is 0 Å². The van der Waals surface area contributed by atoms with Crippen LogP contribution < -0.4 is 5.32 Å². The van der Waals surface area contributed by atoms with Gasteiger partial charge in [-0.1, -0.05) is 11.8 Å². The summed E-state index contributed by atoms with van der Waals surface area (Å²) in [6.45, 7) is 3.65. The highest BCUT2D eigenvalue weighted by molar-refractivity contribution is 7.98. The van der Waals surface area contributed by atoms with Crippen LogP contribution in [0.2, 0.25) is 0 Å². The number of amides is 1. The summed E-state index contributed by atoms with van der Waals surface area (Å²) in [6, 6.07) is -0.477. The van der Waals surface area contributed by atoms with Crippen molar-refractivity contribution in [3.8, 4) is 0 Å². The molecule has 130 valence electrons. The van der Waals surface area contributed by atoms with E-state index in [1.165, 1.54) is 11.8 Å². The zero-order chi connectivity index (χ0) is 17.9. The predicted octanol–water partition coefficient (Wildman–Crippen LogP) is 3.39. The predicted molar refractivity (Wildman–Crippen MR) is 81.7 cm³/mol. The number of aryl methyl sites for hydroxylation is 2. The van der Waals surface area contributed by atoms with Crippen molar-refractivity contribution in [2.24, 2.45) is 0 Å². The van der Waals surface area contributed by atoms with Crippen molar-refractivity contribution in [1.29, 1.82) is 0 Å². The average Bonchev–Trinajstić information content (AvgIpc) is 2.94. The molecular weight excluding hydrogens is 345 g/mol. The van der Waals surface area contributed by atoms with Crippen LogP contribution in [0.15, 0.2) is 15.8 Å². The van der Waals surface area contributed by atoms with Gasteiger partial charge in [0.1, 0.15) is 6.26 Å². The Balaban J connectivity index is 1.98. The molecule has 0 atom stereocenters. The second-order valence-corrected chi connectivity index (χ2v) is 5.72. The summed E-state index contributed by atoms with van der Waals surface area (Å²) in [6.07, 6.45) is -1.87. The van der Waals surface area contributed by atoms with Crippen molar-refractivity contribution in [2.45, 2.75) is 38.0 Å². The van der Waals surface area contributed by atoms with Gasteiger partial charge in [0.05, 0.1) is 0 Å². The molecule has 10 heteroatoms. The second-order valence-electron chi connectivity index (χ2n) is 4.94. The molecule has 1 amide bonds. The summed E-state index contributed by atoms with van der Waals surface area (Å²) >= 11 is 1.42. The maximum Gasteiger partial charge on any atom is 0.436 e. The van der Waals surface area contributed by atoms with Crippen LogP contribution in [0, 0.1) is 13.8 Å². The van der Waals surface area contributed by atoms with Crippen LogP contribution in [0.3, 0.4) is 0 Å². The number of carbonyl (C=O) groups is 1. The fraction of sp³-hybridized carbons (Fsp3) is 0.429. The summed E-state index contributed by atoms with van der Waals surface area (Å²) in [4.78, 5) is 23.7. The van der Waals surface area contributed by atoms with Gasteiger partial charge < -0.3 is 4.42 Å². The third-order valence-corrected chi connectivity index (χ3v) is 3.77. The fourth-order valence-corrected chi connectivity index (χ4v) is 2.50. The summed E-state index contributed by atoms with van der Waals surface area (Å²) in [5.41, 5.74) is 1.20. The molecule has 24 heavy (non-hydrogen) atoms. The normalized spacial score (nSPS) is 11.6. The molecule has 0 spiro atoms. The number of alkyl halides is 3. The van der Waals surface area contributed by atoms with Crippen LogP contribution in [-0.4, -0.2) is 27.1 Å². The lowest BCUT2D eigenvalue weighted by molar-refractivity contribution is -0.141. The quantitative estimate of drug-likeness (QED) is 0.650. The molecule has 0 saturated heterocycles. The first-order chi connectivity index (χ1) is 11.2. The Morgan fingerprint density at radius 2 is 1.88 bits per heavy atom. The Labute approximate surface area is 140 Å². The summed E-state index contributed by atoms with van der Waals surface area (Å²) in [7, 11) is 0. The van der Waals surface area contributed by atoms with Crippen LogP contribution in [0.5, 0.6) is 0 Å². The monoisotopic (exact) mass is 360 g/mol. The minimum absolute atomic E-state index is 0.0490. The maximum absolute atomic E-state index is 12.4. The molecule has 0 fully saturated rings. The SMILES string of the molecule is CSc1nc(C)c(CCC(=O)Nc2nc(C(F)(F)F)co2)c(C)n1. The van der Waals surface area contributed by atoms with Crippen molar-refractivity contribution in [2.75, 3.05) is 11.6 Å². The minimum atomic E-state index is -4.61. The summed E-state index contributed by atoms with van der Waals surface area (Å²) in [5, 5.41) is 2.86. The molecule has 2 rings (SSSR count). The third-order valence-electron chi connectivity index (χ3n) is 3.23. The molecule has 1 N–H and O–H groups in total. The Morgan fingerprint density at radius 3 is 2.38 bits per heavy atom. The molecule has 0 aliphatic heterocycles. The van der Waals surface area contributed by atoms with Crippen LogP contribution in [0.1, 0.15) is 29.1 Å². The van der Waals surface area contributed by atoms with E-state index in [2.05, 4.69) is 24.7 Å². The number of aromatic nitrogens is 3. The Bertz CT molecular complexity index is 723. The van der Waals surface area contributed by atoms with E-state index >= 15 is 0 Å². The Hall–Kier alpha value is -2.10. The van der Waals surface area contributed by atoms with Gasteiger partial charge in [0, 0.05) is 17.8 Å². The number of carbonyl (C=O) groups excluding carboxylic acids is 1. The number of rotatable bonds is 5. The standard InChI is InChI=1S/C14H15F3N4O2S/c1-7-9(8(2)19-13(18-7)24-3)4-5-11(22)21-12-20-10(6-23-12)14(15,16)17/h6H,4-5H2,1-3H3,(H,20,21,22). The van der Waals surface area contributed by atoms with E-state index in [1.807, 2.05) is 20.1 Å². The summed E-state index contributed by atoms with van der Waals surface area (Å²) in [5.74, 6) is -0.502. The van der Waals surface area contributed by atoms with Crippen molar-refractivity contribution in [3.05, 3.63) is 28.9 Å². The lowest BCUT2D eigenvalue weighted by atomic mass is 10.1. The largest absolute Gasteiger partial charge is 0.436 e. The molecule has 0 unspecified atom stereocenters. The van der Waals surface area contributed by atoms with Gasteiger partial charge in [-0.25, -0.2) is 9.97 Å². The molecule has 0 saturated carbocycles. The van der Waals surface area contributed by atoms with Gasteiger partial charge >= 0.3 is 12.2 Å². The minimum Gasteiger partial charge on any atom is -0.431 e. The van der Waals surface area contributed by atoms with Crippen LogP contribution >= 0.6 is 11.8 Å². The van der Waals surface area contributed by atoms with Crippen molar-refractivity contribution in [3.63, 3.8) is 0 Å². The van der Waals surface area contributed by atoms with E-state index in [0.717, 1.165) is 17.0 Å². The van der Waals surface area contributed by atoms with Crippen LogP contribution in [-0.2, 0) is 17.4 Å². The van der Waals surface area contributed by atoms with E-state index in [4.69, 9.17) is 0 Å². The second kappa shape index (κ2) is 7.20. The van der Waals surface area contributed by atoms with E-state index in [0.29, 0.717) is 17.8 Å². The molecule has 2 heterocycles. The Morgan fingerprint density at radius 1 is 1.25 bits per heavy atom. The Kier molecular flexibility index (Phi) is 5.47. The zero-order valence-corrected chi connectivity index (χ0v) is 14.0. The molecule has 2 aromatic heterocycles. The highest BCUT2D eigenvalue weighted by Crippen LogP contribution is 2.29. The first kappa shape index (κ1) is 18.2. The van der Waals surface area contributed by atoms with Crippen molar-refractivity contribution in [1.82, 2.24) is 15.0 Å². The first-order valence-electron chi connectivity index (χ1n) is 6.91. The smallest absolute Gasteiger partial charge is 0.431 e. The lowest BCUT2D eigenvalue weighted by Crippen LogP contribution is -2.14. The molecule has 2 aromatic rings. The van der Waals surface area contributed by atoms with Gasteiger partial charge in [-0.3, -0.25) is 10.1 Å². The third kappa shape index (κ3) is 4.47. The number of nitrogens with one attached hydrogen (secondary N) is 1. The molecule has 0 aromatic carbocycles. The number of halogens is 3. The number of anilines is 1. The molecule has 0 aliphatic carbocycles. The van der Waals surface area contributed by atoms with Gasteiger partial charge in [-0.05, 0) is 32.1 Å². The van der Waals surface area contributed by atoms with Crippen LogP contribution in [0.4, 0.5) is 19.2 Å². The number of oxazole rings is 1. The average molecular weight is 360 g/mol. The van der Waals surface area contributed by atoms with E-state index in [-0.39, 0.29) is 6.42 Å². The number of hydrogen-bond acceptors (Lipinski definition) is 6. The molecule has 0 radical (unpaired) electrons. The topological polar surface area (TPSA) is 80.9 Å². The highest BCUT2D eigenvalue weighted by Gasteiger charge is 2.35. The zero-order valence-electron chi connectivity index (χ0n) is 13.2. The van der Waals surface area contributed by atoms with Gasteiger partial charge in [-0.15, -0.1) is 0 Å². The lowest BCUT2D eigenvalue weighted by Gasteiger charge is -2.09. The van der Waals surface area contributed by atoms with E-state index < -0.39 is 23.8 Å². The fourth-order valence-electron chi connectivity index (χ4n) is 2.04. The highest BCUT2D eigenvalue weighted by atomic mass is 32.2. The van der Waals surface area contributed by atoms with Crippen molar-refractivity contribution < 1.29 is 22.4 Å². The number of hydrogen-bond donors (Lipinski definition) is 1. The number of thioether (sulfide) groups is 1. The van der Waals surface area contributed by atoms with Gasteiger partial charge in [0.2, 0.25) is 5.91 Å². The van der Waals surface area contributed by atoms with Gasteiger partial charge in [-0.2, -0.15) is 18.2 Å². The van der Waals surface area contributed by atoms with Gasteiger partial charge in [0.25, 0.3) is 0 Å². The van der Waals surface area contributed by atoms with E-state index in [9.17, 15) is 18.0 Å². The maximum atomic E-state index is 12.4. The molecular formula is C14H15F3N4O2S. The van der Waals surface area contributed by atoms with Crippen molar-refractivity contribution >= 4 is 23.7 Å².